The van der Waals surface area contributed by atoms with Crippen molar-refractivity contribution in [2.45, 2.75) is 24.3 Å². The summed E-state index contributed by atoms with van der Waals surface area (Å²) < 4.78 is 48.3. The lowest BCUT2D eigenvalue weighted by atomic mass is 10.00. The maximum Gasteiger partial charge on any atom is 0.264 e. The van der Waals surface area contributed by atoms with Crippen LogP contribution in [0.2, 0.25) is 0 Å². The third-order valence-corrected chi connectivity index (χ3v) is 8.17. The Hall–Kier alpha value is -2.90. The van der Waals surface area contributed by atoms with Gasteiger partial charge in [-0.05, 0) is 74.3 Å². The molecule has 2 aliphatic heterocycles. The lowest BCUT2D eigenvalue weighted by molar-refractivity contribution is 0.347. The van der Waals surface area contributed by atoms with Crippen LogP contribution in [0.5, 0.6) is 11.5 Å². The van der Waals surface area contributed by atoms with Crippen LogP contribution in [-0.4, -0.2) is 39.0 Å². The third-order valence-electron chi connectivity index (χ3n) is 6.30. The van der Waals surface area contributed by atoms with Crippen LogP contribution >= 0.6 is 0 Å². The van der Waals surface area contributed by atoms with Crippen molar-refractivity contribution in [1.82, 2.24) is 4.90 Å². The van der Waals surface area contributed by atoms with Crippen molar-refractivity contribution in [3.8, 4) is 11.5 Å². The molecule has 2 heterocycles. The molecule has 2 unspecified atom stereocenters. The highest BCUT2D eigenvalue weighted by atomic mass is 32.2. The van der Waals surface area contributed by atoms with E-state index < -0.39 is 10.0 Å². The van der Waals surface area contributed by atoms with Gasteiger partial charge in [0.05, 0.1) is 16.6 Å². The molecule has 2 saturated heterocycles. The molecule has 3 atom stereocenters. The topological polar surface area (TPSA) is 49.9 Å². The number of rotatable bonds is 6. The van der Waals surface area contributed by atoms with Crippen molar-refractivity contribution >= 4 is 15.7 Å². The van der Waals surface area contributed by atoms with Crippen LogP contribution < -0.4 is 9.04 Å². The van der Waals surface area contributed by atoms with Gasteiger partial charge >= 0.3 is 0 Å². The fourth-order valence-corrected chi connectivity index (χ4v) is 6.38. The van der Waals surface area contributed by atoms with E-state index >= 15 is 0 Å². The van der Waals surface area contributed by atoms with Crippen LogP contribution in [0.25, 0.3) is 0 Å². The molecule has 0 spiro atoms. The molecule has 166 valence electrons. The summed E-state index contributed by atoms with van der Waals surface area (Å²) >= 11 is 0. The zero-order valence-corrected chi connectivity index (χ0v) is 18.6. The molecule has 0 aliphatic carbocycles. The summed E-state index contributed by atoms with van der Waals surface area (Å²) in [5, 5.41) is 0. The average Bonchev–Trinajstić information content (AvgIpc) is 3.39. The van der Waals surface area contributed by atoms with E-state index in [-0.39, 0.29) is 11.9 Å². The number of piperidine rings is 1. The van der Waals surface area contributed by atoms with Gasteiger partial charge in [0.1, 0.15) is 17.3 Å². The first-order valence-electron chi connectivity index (χ1n) is 10.8. The Labute approximate surface area is 188 Å². The number of hydrogen-bond acceptors (Lipinski definition) is 4. The first kappa shape index (κ1) is 21.0. The van der Waals surface area contributed by atoms with Crippen LogP contribution in [0.3, 0.4) is 0 Å². The zero-order chi connectivity index (χ0) is 22.3. The van der Waals surface area contributed by atoms with Gasteiger partial charge in [0.25, 0.3) is 10.0 Å². The molecular formula is C25H25FN2O3S. The molecule has 0 radical (unpaired) electrons. The Balaban J connectivity index is 1.48. The van der Waals surface area contributed by atoms with E-state index in [2.05, 4.69) is 4.90 Å². The predicted octanol–water partition coefficient (Wildman–Crippen LogP) is 4.83. The number of ether oxygens (including phenoxy) is 1. The van der Waals surface area contributed by atoms with E-state index in [9.17, 15) is 12.8 Å². The maximum absolute atomic E-state index is 13.8. The number of fused-ring (bicyclic) bond motifs is 2. The summed E-state index contributed by atoms with van der Waals surface area (Å²) in [6.07, 6.45) is 1.01. The minimum absolute atomic E-state index is 0.106. The molecular weight excluding hydrogens is 427 g/mol. The van der Waals surface area contributed by atoms with Crippen LogP contribution in [0.15, 0.2) is 77.7 Å². The molecule has 3 aromatic rings. The predicted molar refractivity (Wildman–Crippen MR) is 122 cm³/mol. The molecule has 7 heteroatoms. The Morgan fingerprint density at radius 2 is 1.72 bits per heavy atom. The number of aryl methyl sites for hydroxylation is 1. The van der Waals surface area contributed by atoms with E-state index in [0.29, 0.717) is 28.0 Å². The van der Waals surface area contributed by atoms with Crippen LogP contribution in [0, 0.1) is 18.7 Å². The van der Waals surface area contributed by atoms with E-state index in [0.717, 1.165) is 31.6 Å². The van der Waals surface area contributed by atoms with Gasteiger partial charge in [-0.2, -0.15) is 0 Å². The van der Waals surface area contributed by atoms with Crippen LogP contribution in [0.1, 0.15) is 12.0 Å². The monoisotopic (exact) mass is 452 g/mol. The fraction of sp³-hybridized carbons (Fsp3) is 0.280. The quantitative estimate of drug-likeness (QED) is 0.538. The summed E-state index contributed by atoms with van der Waals surface area (Å²) in [5.41, 5.74) is 1.62. The van der Waals surface area contributed by atoms with Gasteiger partial charge in [-0.3, -0.25) is 4.31 Å². The Kier molecular flexibility index (Phi) is 5.39. The molecule has 5 rings (SSSR count). The summed E-state index contributed by atoms with van der Waals surface area (Å²) in [6, 6.07) is 19.8. The lowest BCUT2D eigenvalue weighted by Gasteiger charge is -2.35. The van der Waals surface area contributed by atoms with Crippen molar-refractivity contribution in [1.29, 1.82) is 0 Å². The molecule has 5 nitrogen and oxygen atoms in total. The zero-order valence-electron chi connectivity index (χ0n) is 17.8. The van der Waals surface area contributed by atoms with Gasteiger partial charge in [-0.15, -0.1) is 0 Å². The van der Waals surface area contributed by atoms with Crippen LogP contribution in [-0.2, 0) is 10.0 Å². The number of sulfonamides is 1. The summed E-state index contributed by atoms with van der Waals surface area (Å²) in [4.78, 5) is 2.62. The van der Waals surface area contributed by atoms with Crippen molar-refractivity contribution in [2.24, 2.45) is 5.92 Å². The maximum atomic E-state index is 13.8. The highest BCUT2D eigenvalue weighted by molar-refractivity contribution is 7.92. The van der Waals surface area contributed by atoms with Gasteiger partial charge in [0, 0.05) is 19.2 Å². The van der Waals surface area contributed by atoms with Crippen molar-refractivity contribution in [3.63, 3.8) is 0 Å². The summed E-state index contributed by atoms with van der Waals surface area (Å²) in [6.45, 7) is 4.64. The number of hydrogen-bond donors (Lipinski definition) is 0. The molecule has 2 aliphatic rings. The van der Waals surface area contributed by atoms with Gasteiger partial charge in [-0.1, -0.05) is 23.8 Å². The Morgan fingerprint density at radius 3 is 2.34 bits per heavy atom. The van der Waals surface area contributed by atoms with Crippen LogP contribution in [0.4, 0.5) is 10.1 Å². The molecule has 2 fully saturated rings. The van der Waals surface area contributed by atoms with E-state index in [4.69, 9.17) is 4.74 Å². The van der Waals surface area contributed by atoms with Crippen molar-refractivity contribution in [2.75, 3.05) is 23.9 Å². The van der Waals surface area contributed by atoms with Gasteiger partial charge in [-0.25, -0.2) is 12.8 Å². The number of anilines is 1. The number of nitrogens with zero attached hydrogens (tertiary/aromatic N) is 2. The standard InChI is InChI=1S/C25H25FN2O3S/c1-18-5-11-24(12-6-18)32(29,30)28(25-17-27-14-13-19(25)16-27)21-7-9-22(10-8-21)31-23-4-2-3-20(26)15-23/h2-12,15,19,25H,13-14,16-17H2,1H3/t19-,25?/m0/s1. The molecule has 0 N–H and O–H groups in total. The molecule has 3 aromatic carbocycles. The summed E-state index contributed by atoms with van der Waals surface area (Å²) in [5.74, 6) is 0.853. The average molecular weight is 453 g/mol. The third kappa shape index (κ3) is 3.98. The van der Waals surface area contributed by atoms with Gasteiger partial charge < -0.3 is 9.64 Å². The second-order valence-electron chi connectivity index (χ2n) is 8.54. The number of halogens is 1. The highest BCUT2D eigenvalue weighted by Crippen LogP contribution is 2.38. The Bertz CT molecular complexity index is 1210. The molecule has 2 bridgehead atoms. The SMILES string of the molecule is Cc1ccc(S(=O)(=O)N(c2ccc(Oc3cccc(F)c3)cc2)C2CN3CC[C@H]2C3)cc1. The highest BCUT2D eigenvalue weighted by Gasteiger charge is 2.45. The second kappa shape index (κ2) is 8.22. The van der Waals surface area contributed by atoms with Crippen molar-refractivity contribution in [3.05, 3.63) is 84.2 Å². The van der Waals surface area contributed by atoms with Gasteiger partial charge in [0.2, 0.25) is 0 Å². The Morgan fingerprint density at radius 1 is 0.969 bits per heavy atom. The minimum Gasteiger partial charge on any atom is -0.457 e. The van der Waals surface area contributed by atoms with Gasteiger partial charge in [0.15, 0.2) is 0 Å². The lowest BCUT2D eigenvalue weighted by Crippen LogP contribution is -2.47. The molecule has 0 amide bonds. The smallest absolute Gasteiger partial charge is 0.264 e. The largest absolute Gasteiger partial charge is 0.457 e. The van der Waals surface area contributed by atoms with E-state index in [1.807, 2.05) is 19.1 Å². The van der Waals surface area contributed by atoms with E-state index in [1.54, 1.807) is 52.8 Å². The minimum atomic E-state index is -3.74. The normalized spacial score (nSPS) is 22.1. The van der Waals surface area contributed by atoms with E-state index in [1.165, 1.54) is 12.1 Å². The number of benzene rings is 3. The molecule has 0 saturated carbocycles. The second-order valence-corrected chi connectivity index (χ2v) is 10.4. The first-order chi connectivity index (χ1) is 15.4. The molecule has 0 aromatic heterocycles. The first-order valence-corrected chi connectivity index (χ1v) is 12.2. The fourth-order valence-electron chi connectivity index (χ4n) is 4.68. The van der Waals surface area contributed by atoms with Crippen molar-refractivity contribution < 1.29 is 17.5 Å². The summed E-state index contributed by atoms with van der Waals surface area (Å²) in [7, 11) is -3.74. The molecule has 32 heavy (non-hydrogen) atoms.